The Labute approximate surface area is 116 Å². The van der Waals surface area contributed by atoms with Crippen LogP contribution in [0.25, 0.3) is 11.3 Å². The Morgan fingerprint density at radius 2 is 2.00 bits per heavy atom. The summed E-state index contributed by atoms with van der Waals surface area (Å²) in [6.07, 6.45) is 5.02. The molecule has 0 unspecified atom stereocenters. The third-order valence-electron chi connectivity index (χ3n) is 2.91. The molecule has 5 heteroatoms. The van der Waals surface area contributed by atoms with Gasteiger partial charge >= 0.3 is 0 Å². The molecule has 100 valence electrons. The number of benzene rings is 1. The number of rotatable bonds is 4. The molecule has 3 aromatic rings. The van der Waals surface area contributed by atoms with E-state index in [0.717, 1.165) is 22.8 Å². The smallest absolute Gasteiger partial charge is 0.144 e. The highest BCUT2D eigenvalue weighted by Gasteiger charge is 2.03. The summed E-state index contributed by atoms with van der Waals surface area (Å²) < 4.78 is 5.08. The second-order valence-corrected chi connectivity index (χ2v) is 4.46. The van der Waals surface area contributed by atoms with E-state index in [9.17, 15) is 0 Å². The Morgan fingerprint density at radius 3 is 2.65 bits per heavy atom. The van der Waals surface area contributed by atoms with Gasteiger partial charge in [-0.25, -0.2) is 4.98 Å². The molecule has 2 aromatic heterocycles. The van der Waals surface area contributed by atoms with Crippen LogP contribution in [0.4, 0.5) is 5.82 Å². The van der Waals surface area contributed by atoms with Crippen molar-refractivity contribution >= 4 is 5.82 Å². The number of hydrogen-bond acceptors (Lipinski definition) is 5. The molecule has 5 nitrogen and oxygen atoms in total. The van der Waals surface area contributed by atoms with E-state index >= 15 is 0 Å². The number of aromatic nitrogens is 3. The maximum absolute atomic E-state index is 5.08. The molecule has 0 spiro atoms. The van der Waals surface area contributed by atoms with E-state index in [4.69, 9.17) is 4.52 Å². The molecule has 0 aliphatic carbocycles. The second-order valence-electron chi connectivity index (χ2n) is 4.46. The van der Waals surface area contributed by atoms with Gasteiger partial charge in [0.25, 0.3) is 0 Å². The Hall–Kier alpha value is -2.69. The van der Waals surface area contributed by atoms with E-state index in [2.05, 4.69) is 32.6 Å². The van der Waals surface area contributed by atoms with E-state index in [1.54, 1.807) is 18.6 Å². The molecular formula is C15H14N4O. The van der Waals surface area contributed by atoms with Crippen LogP contribution in [-0.2, 0) is 6.54 Å². The fourth-order valence-corrected chi connectivity index (χ4v) is 1.88. The minimum absolute atomic E-state index is 0.705. The van der Waals surface area contributed by atoms with Crippen molar-refractivity contribution in [1.29, 1.82) is 0 Å². The SMILES string of the molecule is Cc1cc(-c2ccc(CNc3cnccn3)cc2)no1. The highest BCUT2D eigenvalue weighted by atomic mass is 16.5. The summed E-state index contributed by atoms with van der Waals surface area (Å²) in [7, 11) is 0. The Balaban J connectivity index is 1.67. The zero-order chi connectivity index (χ0) is 13.8. The van der Waals surface area contributed by atoms with E-state index < -0.39 is 0 Å². The normalized spacial score (nSPS) is 10.4. The third kappa shape index (κ3) is 2.83. The van der Waals surface area contributed by atoms with Gasteiger partial charge in [-0.15, -0.1) is 0 Å². The number of hydrogen-bond donors (Lipinski definition) is 1. The zero-order valence-corrected chi connectivity index (χ0v) is 11.1. The molecule has 0 saturated carbocycles. The molecular weight excluding hydrogens is 252 g/mol. The standard InChI is InChI=1S/C15H14N4O/c1-11-8-14(19-20-11)13-4-2-12(3-5-13)9-18-15-10-16-6-7-17-15/h2-8,10H,9H2,1H3,(H,17,18). The number of aryl methyl sites for hydroxylation is 1. The maximum Gasteiger partial charge on any atom is 0.144 e. The predicted molar refractivity (Wildman–Crippen MR) is 76.0 cm³/mol. The summed E-state index contributed by atoms with van der Waals surface area (Å²) in [5.74, 6) is 1.58. The van der Waals surface area contributed by atoms with Gasteiger partial charge in [-0.3, -0.25) is 4.98 Å². The van der Waals surface area contributed by atoms with Crippen LogP contribution in [0, 0.1) is 6.92 Å². The van der Waals surface area contributed by atoms with Crippen molar-refractivity contribution in [3.05, 3.63) is 60.2 Å². The number of nitrogens with zero attached hydrogens (tertiary/aromatic N) is 3. The molecule has 0 atom stereocenters. The average Bonchev–Trinajstić information content (AvgIpc) is 2.93. The Bertz CT molecular complexity index is 677. The van der Waals surface area contributed by atoms with Crippen LogP contribution in [0.15, 0.2) is 53.4 Å². The lowest BCUT2D eigenvalue weighted by Gasteiger charge is -2.05. The van der Waals surface area contributed by atoms with Crippen molar-refractivity contribution in [2.75, 3.05) is 5.32 Å². The fourth-order valence-electron chi connectivity index (χ4n) is 1.88. The summed E-state index contributed by atoms with van der Waals surface area (Å²) in [4.78, 5) is 8.18. The van der Waals surface area contributed by atoms with Crippen LogP contribution >= 0.6 is 0 Å². The highest BCUT2D eigenvalue weighted by Crippen LogP contribution is 2.19. The van der Waals surface area contributed by atoms with E-state index in [-0.39, 0.29) is 0 Å². The van der Waals surface area contributed by atoms with Gasteiger partial charge in [0, 0.05) is 30.6 Å². The maximum atomic E-state index is 5.08. The van der Waals surface area contributed by atoms with Gasteiger partial charge in [-0.1, -0.05) is 29.4 Å². The minimum Gasteiger partial charge on any atom is -0.365 e. The number of anilines is 1. The van der Waals surface area contributed by atoms with Crippen LogP contribution in [0.1, 0.15) is 11.3 Å². The van der Waals surface area contributed by atoms with Gasteiger partial charge in [0.05, 0.1) is 6.20 Å². The summed E-state index contributed by atoms with van der Waals surface area (Å²) in [6, 6.07) is 10.1. The lowest BCUT2D eigenvalue weighted by atomic mass is 10.1. The average molecular weight is 266 g/mol. The van der Waals surface area contributed by atoms with Gasteiger partial charge in [0.2, 0.25) is 0 Å². The summed E-state index contributed by atoms with van der Waals surface area (Å²) >= 11 is 0. The molecule has 0 amide bonds. The zero-order valence-electron chi connectivity index (χ0n) is 11.1. The molecule has 20 heavy (non-hydrogen) atoms. The van der Waals surface area contributed by atoms with Gasteiger partial charge in [0.1, 0.15) is 17.3 Å². The summed E-state index contributed by atoms with van der Waals surface area (Å²) in [5, 5.41) is 7.22. The monoisotopic (exact) mass is 266 g/mol. The van der Waals surface area contributed by atoms with E-state index in [1.807, 2.05) is 25.1 Å². The van der Waals surface area contributed by atoms with Gasteiger partial charge < -0.3 is 9.84 Å². The van der Waals surface area contributed by atoms with Gasteiger partial charge in [-0.2, -0.15) is 0 Å². The molecule has 0 aliphatic heterocycles. The first kappa shape index (κ1) is 12.3. The van der Waals surface area contributed by atoms with Crippen LogP contribution in [0.3, 0.4) is 0 Å². The largest absolute Gasteiger partial charge is 0.365 e. The molecule has 0 bridgehead atoms. The summed E-state index contributed by atoms with van der Waals surface area (Å²) in [6.45, 7) is 2.59. The van der Waals surface area contributed by atoms with E-state index in [0.29, 0.717) is 6.54 Å². The third-order valence-corrected chi connectivity index (χ3v) is 2.91. The molecule has 0 aliphatic rings. The lowest BCUT2D eigenvalue weighted by Crippen LogP contribution is -2.01. The molecule has 3 rings (SSSR count). The summed E-state index contributed by atoms with van der Waals surface area (Å²) in [5.41, 5.74) is 3.07. The quantitative estimate of drug-likeness (QED) is 0.786. The van der Waals surface area contributed by atoms with Crippen molar-refractivity contribution < 1.29 is 4.52 Å². The predicted octanol–water partition coefficient (Wildman–Crippen LogP) is 3.05. The van der Waals surface area contributed by atoms with Gasteiger partial charge in [0.15, 0.2) is 0 Å². The Morgan fingerprint density at radius 1 is 1.15 bits per heavy atom. The molecule has 0 radical (unpaired) electrons. The van der Waals surface area contributed by atoms with Crippen molar-refractivity contribution in [3.8, 4) is 11.3 Å². The van der Waals surface area contributed by atoms with Crippen molar-refractivity contribution in [1.82, 2.24) is 15.1 Å². The second kappa shape index (κ2) is 5.52. The fraction of sp³-hybridized carbons (Fsp3) is 0.133. The van der Waals surface area contributed by atoms with Gasteiger partial charge in [-0.05, 0) is 12.5 Å². The van der Waals surface area contributed by atoms with Crippen LogP contribution in [0.2, 0.25) is 0 Å². The molecule has 1 N–H and O–H groups in total. The van der Waals surface area contributed by atoms with Crippen LogP contribution in [0.5, 0.6) is 0 Å². The van der Waals surface area contributed by atoms with Crippen molar-refractivity contribution in [2.45, 2.75) is 13.5 Å². The van der Waals surface area contributed by atoms with Crippen molar-refractivity contribution in [3.63, 3.8) is 0 Å². The molecule has 2 heterocycles. The molecule has 0 fully saturated rings. The Kier molecular flexibility index (Phi) is 3.41. The van der Waals surface area contributed by atoms with Crippen molar-refractivity contribution in [2.24, 2.45) is 0 Å². The highest BCUT2D eigenvalue weighted by molar-refractivity contribution is 5.59. The first-order chi connectivity index (χ1) is 9.81. The van der Waals surface area contributed by atoms with E-state index in [1.165, 1.54) is 5.56 Å². The first-order valence-electron chi connectivity index (χ1n) is 6.34. The lowest BCUT2D eigenvalue weighted by molar-refractivity contribution is 0.399. The molecule has 1 aromatic carbocycles. The van der Waals surface area contributed by atoms with Crippen LogP contribution < -0.4 is 5.32 Å². The topological polar surface area (TPSA) is 63.8 Å². The van der Waals surface area contributed by atoms with Crippen LogP contribution in [-0.4, -0.2) is 15.1 Å². The first-order valence-corrected chi connectivity index (χ1v) is 6.34. The minimum atomic E-state index is 0.705. The number of nitrogens with one attached hydrogen (secondary N) is 1. The molecule has 0 saturated heterocycles.